The maximum absolute atomic E-state index is 12.0. The number of carbonyl (C=O) groups excluding carboxylic acids is 1. The molecule has 2 aromatic heterocycles. The molecule has 1 amide bonds. The topological polar surface area (TPSA) is 120 Å². The predicted octanol–water partition coefficient (Wildman–Crippen LogP) is 0.949. The molecule has 2 aromatic rings. The van der Waals surface area contributed by atoms with Crippen LogP contribution < -0.4 is 11.1 Å². The van der Waals surface area contributed by atoms with Gasteiger partial charge < -0.3 is 15.6 Å². The number of carbonyl (C=O) groups is 1. The lowest BCUT2D eigenvalue weighted by molar-refractivity contribution is -0.121. The Balaban J connectivity index is 1.84. The third-order valence-corrected chi connectivity index (χ3v) is 3.21. The summed E-state index contributed by atoms with van der Waals surface area (Å²) in [5, 5.41) is 6.75. The third kappa shape index (κ3) is 5.41. The van der Waals surface area contributed by atoms with E-state index in [9.17, 15) is 4.79 Å². The van der Waals surface area contributed by atoms with Gasteiger partial charge in [-0.1, -0.05) is 19.0 Å². The van der Waals surface area contributed by atoms with Crippen molar-refractivity contribution in [3.63, 3.8) is 0 Å². The van der Waals surface area contributed by atoms with Gasteiger partial charge in [-0.15, -0.1) is 0 Å². The number of hydrogen-bond acceptors (Lipinski definition) is 7. The van der Waals surface area contributed by atoms with Gasteiger partial charge in [0, 0.05) is 37.8 Å². The van der Waals surface area contributed by atoms with Crippen LogP contribution in [0, 0.1) is 5.92 Å². The van der Waals surface area contributed by atoms with Gasteiger partial charge in [0.15, 0.2) is 0 Å². The summed E-state index contributed by atoms with van der Waals surface area (Å²) in [6.07, 6.45) is 4.70. The van der Waals surface area contributed by atoms with Gasteiger partial charge in [-0.3, -0.25) is 4.79 Å². The largest absolute Gasteiger partial charge is 0.352 e. The molecule has 1 unspecified atom stereocenters. The number of hydrogen-bond donors (Lipinski definition) is 2. The Morgan fingerprint density at radius 3 is 2.70 bits per heavy atom. The number of rotatable bonds is 8. The highest BCUT2D eigenvalue weighted by atomic mass is 16.5. The smallest absolute Gasteiger partial charge is 0.240 e. The summed E-state index contributed by atoms with van der Waals surface area (Å²) in [5.41, 5.74) is 5.67. The zero-order valence-electron chi connectivity index (χ0n) is 13.4. The molecule has 0 aliphatic rings. The van der Waals surface area contributed by atoms with E-state index in [0.29, 0.717) is 36.4 Å². The Morgan fingerprint density at radius 1 is 1.30 bits per heavy atom. The van der Waals surface area contributed by atoms with Crippen molar-refractivity contribution in [1.29, 1.82) is 0 Å². The van der Waals surface area contributed by atoms with E-state index in [1.54, 1.807) is 18.5 Å². The molecule has 0 spiro atoms. The molecular formula is C15H22N6O2. The maximum Gasteiger partial charge on any atom is 0.240 e. The lowest BCUT2D eigenvalue weighted by Gasteiger charge is -2.18. The molecule has 1 atom stereocenters. The van der Waals surface area contributed by atoms with E-state index >= 15 is 0 Å². The zero-order valence-corrected chi connectivity index (χ0v) is 13.4. The molecule has 124 valence electrons. The molecule has 0 radical (unpaired) electrons. The number of amides is 1. The zero-order chi connectivity index (χ0) is 16.7. The molecular weight excluding hydrogens is 296 g/mol. The summed E-state index contributed by atoms with van der Waals surface area (Å²) in [6.45, 7) is 4.63. The first-order valence-electron chi connectivity index (χ1n) is 7.68. The highest BCUT2D eigenvalue weighted by Crippen LogP contribution is 2.10. The van der Waals surface area contributed by atoms with Crippen LogP contribution in [-0.2, 0) is 11.2 Å². The fourth-order valence-electron chi connectivity index (χ4n) is 2.17. The van der Waals surface area contributed by atoms with Crippen LogP contribution in [0.5, 0.6) is 0 Å². The van der Waals surface area contributed by atoms with Gasteiger partial charge in [0.1, 0.15) is 0 Å². The Bertz CT molecular complexity index is 613. The summed E-state index contributed by atoms with van der Waals surface area (Å²) >= 11 is 0. The summed E-state index contributed by atoms with van der Waals surface area (Å²) < 4.78 is 5.12. The second-order valence-electron chi connectivity index (χ2n) is 5.71. The Morgan fingerprint density at radius 2 is 2.04 bits per heavy atom. The molecule has 0 saturated heterocycles. The molecule has 0 saturated carbocycles. The Hall–Kier alpha value is -2.35. The quantitative estimate of drug-likeness (QED) is 0.743. The predicted molar refractivity (Wildman–Crippen MR) is 84.1 cm³/mol. The van der Waals surface area contributed by atoms with Crippen LogP contribution in [0.1, 0.15) is 32.6 Å². The summed E-state index contributed by atoms with van der Waals surface area (Å²) in [4.78, 5) is 24.2. The SMILES string of the molecule is CC(C)CC(CN)NC(=O)CCc1nc(-c2ncccn2)no1. The molecule has 0 fully saturated rings. The summed E-state index contributed by atoms with van der Waals surface area (Å²) in [7, 11) is 0. The molecule has 0 aliphatic carbocycles. The number of aromatic nitrogens is 4. The molecule has 23 heavy (non-hydrogen) atoms. The highest BCUT2D eigenvalue weighted by Gasteiger charge is 2.15. The van der Waals surface area contributed by atoms with E-state index < -0.39 is 0 Å². The fourth-order valence-corrected chi connectivity index (χ4v) is 2.17. The first kappa shape index (κ1) is 17.0. The second kappa shape index (κ2) is 8.33. The molecule has 0 aliphatic heterocycles. The van der Waals surface area contributed by atoms with Crippen molar-refractivity contribution >= 4 is 5.91 Å². The minimum absolute atomic E-state index is 0.00142. The van der Waals surface area contributed by atoms with Crippen LogP contribution in [0.15, 0.2) is 23.0 Å². The molecule has 3 N–H and O–H groups in total. The highest BCUT2D eigenvalue weighted by molar-refractivity contribution is 5.76. The van der Waals surface area contributed by atoms with Gasteiger partial charge >= 0.3 is 0 Å². The first-order chi connectivity index (χ1) is 11.1. The van der Waals surface area contributed by atoms with Crippen molar-refractivity contribution in [1.82, 2.24) is 25.4 Å². The number of nitrogens with two attached hydrogens (primary N) is 1. The van der Waals surface area contributed by atoms with Crippen molar-refractivity contribution in [3.05, 3.63) is 24.4 Å². The van der Waals surface area contributed by atoms with Crippen LogP contribution in [0.4, 0.5) is 0 Å². The molecule has 8 nitrogen and oxygen atoms in total. The van der Waals surface area contributed by atoms with Crippen molar-refractivity contribution in [3.8, 4) is 11.6 Å². The van der Waals surface area contributed by atoms with Crippen LogP contribution in [0.3, 0.4) is 0 Å². The molecule has 2 heterocycles. The summed E-state index contributed by atoms with van der Waals surface area (Å²) in [6, 6.07) is 1.71. The van der Waals surface area contributed by atoms with Crippen LogP contribution >= 0.6 is 0 Å². The van der Waals surface area contributed by atoms with E-state index in [0.717, 1.165) is 6.42 Å². The maximum atomic E-state index is 12.0. The molecule has 8 heteroatoms. The van der Waals surface area contributed by atoms with Gasteiger partial charge in [-0.05, 0) is 18.4 Å². The minimum atomic E-state index is -0.0724. The summed E-state index contributed by atoms with van der Waals surface area (Å²) in [5.74, 6) is 1.51. The molecule has 2 rings (SSSR count). The number of nitrogens with zero attached hydrogens (tertiary/aromatic N) is 4. The average molecular weight is 318 g/mol. The Labute approximate surface area is 134 Å². The van der Waals surface area contributed by atoms with Crippen LogP contribution in [-0.4, -0.2) is 38.6 Å². The van der Waals surface area contributed by atoms with Crippen molar-refractivity contribution in [2.75, 3.05) is 6.54 Å². The monoisotopic (exact) mass is 318 g/mol. The number of nitrogens with one attached hydrogen (secondary N) is 1. The van der Waals surface area contributed by atoms with Gasteiger partial charge in [0.25, 0.3) is 0 Å². The lowest BCUT2D eigenvalue weighted by atomic mass is 10.0. The minimum Gasteiger partial charge on any atom is -0.352 e. The van der Waals surface area contributed by atoms with Crippen LogP contribution in [0.2, 0.25) is 0 Å². The van der Waals surface area contributed by atoms with Gasteiger partial charge in [-0.2, -0.15) is 4.98 Å². The van der Waals surface area contributed by atoms with E-state index in [1.807, 2.05) is 0 Å². The van der Waals surface area contributed by atoms with Gasteiger partial charge in [0.05, 0.1) is 0 Å². The number of aryl methyl sites for hydroxylation is 1. The normalized spacial score (nSPS) is 12.3. The van der Waals surface area contributed by atoms with Gasteiger partial charge in [0.2, 0.25) is 23.4 Å². The lowest BCUT2D eigenvalue weighted by Crippen LogP contribution is -2.41. The fraction of sp³-hybridized carbons (Fsp3) is 0.533. The van der Waals surface area contributed by atoms with E-state index in [-0.39, 0.29) is 18.4 Å². The molecule has 0 aromatic carbocycles. The second-order valence-corrected chi connectivity index (χ2v) is 5.71. The van der Waals surface area contributed by atoms with Gasteiger partial charge in [-0.25, -0.2) is 9.97 Å². The van der Waals surface area contributed by atoms with Crippen LogP contribution in [0.25, 0.3) is 11.6 Å². The van der Waals surface area contributed by atoms with E-state index in [2.05, 4.69) is 39.3 Å². The van der Waals surface area contributed by atoms with Crippen molar-refractivity contribution < 1.29 is 9.32 Å². The van der Waals surface area contributed by atoms with E-state index in [1.165, 1.54) is 0 Å². The molecule has 0 bridgehead atoms. The first-order valence-corrected chi connectivity index (χ1v) is 7.68. The standard InChI is InChI=1S/C15H22N6O2/c1-10(2)8-11(9-16)19-12(22)4-5-13-20-15(21-23-13)14-17-6-3-7-18-14/h3,6-7,10-11H,4-5,8-9,16H2,1-2H3,(H,19,22). The van der Waals surface area contributed by atoms with Crippen molar-refractivity contribution in [2.45, 2.75) is 39.2 Å². The van der Waals surface area contributed by atoms with Crippen molar-refractivity contribution in [2.24, 2.45) is 11.7 Å². The Kier molecular flexibility index (Phi) is 6.16. The van der Waals surface area contributed by atoms with E-state index in [4.69, 9.17) is 10.3 Å². The average Bonchev–Trinajstić information content (AvgIpc) is 3.01. The third-order valence-electron chi connectivity index (χ3n) is 3.21.